The molecule has 9 heteroatoms. The van der Waals surface area contributed by atoms with Gasteiger partial charge in [0.25, 0.3) is 0 Å². The van der Waals surface area contributed by atoms with Gasteiger partial charge in [-0.3, -0.25) is 13.9 Å². The van der Waals surface area contributed by atoms with Crippen molar-refractivity contribution in [2.45, 2.75) is 77.4 Å². The molecule has 0 aromatic heterocycles. The van der Waals surface area contributed by atoms with Crippen LogP contribution in [0.2, 0.25) is 0 Å². The van der Waals surface area contributed by atoms with Crippen molar-refractivity contribution >= 4 is 27.5 Å². The van der Waals surface area contributed by atoms with Gasteiger partial charge >= 0.3 is 0 Å². The van der Waals surface area contributed by atoms with Crippen LogP contribution in [0, 0.1) is 0 Å². The van der Waals surface area contributed by atoms with Crippen LogP contribution in [-0.2, 0) is 26.2 Å². The standard InChI is InChI=1S/C29H41N3O5S/c1-6-26(29(34)30-23-13-7-8-14-23)31(19-22-12-11-15-24(18-22)37-4)28(33)20-32(38(5,35)36)27-17-10-9-16-25(27)21(2)3/h9-12,15-18,21,23,26H,6-8,13-14,19-20H2,1-5H3,(H,30,34)/t26-/m1/s1. The fourth-order valence-corrected chi connectivity index (χ4v) is 5.92. The lowest BCUT2D eigenvalue weighted by Crippen LogP contribution is -2.53. The Bertz CT molecular complexity index is 1210. The molecule has 1 N–H and O–H groups in total. The second kappa shape index (κ2) is 13.1. The van der Waals surface area contributed by atoms with E-state index in [2.05, 4.69) is 5.32 Å². The van der Waals surface area contributed by atoms with Gasteiger partial charge in [-0.2, -0.15) is 0 Å². The van der Waals surface area contributed by atoms with E-state index in [1.807, 2.05) is 57.2 Å². The molecule has 2 amide bonds. The average molecular weight is 544 g/mol. The van der Waals surface area contributed by atoms with Crippen LogP contribution >= 0.6 is 0 Å². The molecular weight excluding hydrogens is 502 g/mol. The molecule has 0 unspecified atom stereocenters. The van der Waals surface area contributed by atoms with Crippen molar-refractivity contribution in [2.24, 2.45) is 0 Å². The Labute approximate surface area is 227 Å². The fourth-order valence-electron chi connectivity index (χ4n) is 5.05. The first-order valence-corrected chi connectivity index (χ1v) is 15.2. The summed E-state index contributed by atoms with van der Waals surface area (Å²) in [5.41, 5.74) is 2.09. The van der Waals surface area contributed by atoms with Crippen LogP contribution in [0.15, 0.2) is 48.5 Å². The predicted octanol–water partition coefficient (Wildman–Crippen LogP) is 4.45. The molecule has 0 radical (unpaired) electrons. The summed E-state index contributed by atoms with van der Waals surface area (Å²) >= 11 is 0. The minimum atomic E-state index is -3.79. The van der Waals surface area contributed by atoms with Gasteiger partial charge in [0.15, 0.2) is 0 Å². The monoisotopic (exact) mass is 543 g/mol. The fraction of sp³-hybridized carbons (Fsp3) is 0.517. The Morgan fingerprint density at radius 1 is 1.08 bits per heavy atom. The van der Waals surface area contributed by atoms with E-state index in [0.717, 1.165) is 47.4 Å². The highest BCUT2D eigenvalue weighted by Crippen LogP contribution is 2.29. The number of amides is 2. The molecule has 1 aliphatic rings. The maximum atomic E-state index is 14.0. The van der Waals surface area contributed by atoms with Gasteiger partial charge in [0.05, 0.1) is 19.1 Å². The van der Waals surface area contributed by atoms with Crippen LogP contribution in [0.5, 0.6) is 5.75 Å². The van der Waals surface area contributed by atoms with Crippen molar-refractivity contribution in [1.29, 1.82) is 0 Å². The number of nitrogens with zero attached hydrogens (tertiary/aromatic N) is 2. The molecule has 1 atom stereocenters. The van der Waals surface area contributed by atoms with Crippen LogP contribution < -0.4 is 14.4 Å². The highest BCUT2D eigenvalue weighted by atomic mass is 32.2. The Hall–Kier alpha value is -3.07. The van der Waals surface area contributed by atoms with Crippen LogP contribution in [0.3, 0.4) is 0 Å². The summed E-state index contributed by atoms with van der Waals surface area (Å²) in [5, 5.41) is 3.12. The molecule has 0 heterocycles. The predicted molar refractivity (Wildman–Crippen MR) is 151 cm³/mol. The Morgan fingerprint density at radius 2 is 1.76 bits per heavy atom. The van der Waals surface area contributed by atoms with E-state index in [1.54, 1.807) is 19.2 Å². The van der Waals surface area contributed by atoms with E-state index in [-0.39, 0.29) is 24.4 Å². The van der Waals surface area contributed by atoms with E-state index in [4.69, 9.17) is 4.74 Å². The average Bonchev–Trinajstić information content (AvgIpc) is 3.39. The molecule has 0 bridgehead atoms. The second-order valence-corrected chi connectivity index (χ2v) is 12.2. The van der Waals surface area contributed by atoms with E-state index < -0.39 is 28.5 Å². The van der Waals surface area contributed by atoms with Crippen LogP contribution in [-0.4, -0.2) is 57.1 Å². The first-order chi connectivity index (χ1) is 18.0. The lowest BCUT2D eigenvalue weighted by Gasteiger charge is -2.34. The van der Waals surface area contributed by atoms with Crippen molar-refractivity contribution in [3.63, 3.8) is 0 Å². The molecule has 38 heavy (non-hydrogen) atoms. The topological polar surface area (TPSA) is 96.0 Å². The maximum Gasteiger partial charge on any atom is 0.244 e. The van der Waals surface area contributed by atoms with Gasteiger partial charge in [-0.05, 0) is 54.5 Å². The molecule has 0 spiro atoms. The zero-order valence-corrected chi connectivity index (χ0v) is 24.0. The summed E-state index contributed by atoms with van der Waals surface area (Å²) in [6.45, 7) is 5.58. The molecule has 208 valence electrons. The molecular formula is C29H41N3O5S. The van der Waals surface area contributed by atoms with Crippen LogP contribution in [0.1, 0.15) is 69.9 Å². The van der Waals surface area contributed by atoms with Crippen molar-refractivity contribution < 1.29 is 22.7 Å². The third-order valence-corrected chi connectivity index (χ3v) is 8.21. The maximum absolute atomic E-state index is 14.0. The number of anilines is 1. The smallest absolute Gasteiger partial charge is 0.244 e. The number of hydrogen-bond donors (Lipinski definition) is 1. The van der Waals surface area contributed by atoms with E-state index in [0.29, 0.717) is 17.9 Å². The lowest BCUT2D eigenvalue weighted by molar-refractivity contribution is -0.140. The summed E-state index contributed by atoms with van der Waals surface area (Å²) in [6.07, 6.45) is 5.52. The molecule has 2 aromatic rings. The number of carbonyl (C=O) groups excluding carboxylic acids is 2. The third-order valence-electron chi connectivity index (χ3n) is 7.08. The number of nitrogens with one attached hydrogen (secondary N) is 1. The van der Waals surface area contributed by atoms with Gasteiger partial charge in [-0.15, -0.1) is 0 Å². The zero-order chi connectivity index (χ0) is 27.9. The lowest BCUT2D eigenvalue weighted by atomic mass is 10.0. The van der Waals surface area contributed by atoms with Gasteiger partial charge in [0.2, 0.25) is 21.8 Å². The normalized spacial score (nSPS) is 14.8. The van der Waals surface area contributed by atoms with Gasteiger partial charge < -0.3 is 15.0 Å². The molecule has 8 nitrogen and oxygen atoms in total. The minimum absolute atomic E-state index is 0.0546. The number of rotatable bonds is 12. The summed E-state index contributed by atoms with van der Waals surface area (Å²) in [6, 6.07) is 13.9. The quantitative estimate of drug-likeness (QED) is 0.427. The first kappa shape index (κ1) is 29.5. The van der Waals surface area contributed by atoms with E-state index in [9.17, 15) is 18.0 Å². The minimum Gasteiger partial charge on any atom is -0.497 e. The Morgan fingerprint density at radius 3 is 2.37 bits per heavy atom. The summed E-state index contributed by atoms with van der Waals surface area (Å²) in [5.74, 6) is 0.0513. The SMILES string of the molecule is CC[C@H](C(=O)NC1CCCC1)N(Cc1cccc(OC)c1)C(=O)CN(c1ccccc1C(C)C)S(C)(=O)=O. The summed E-state index contributed by atoms with van der Waals surface area (Å²) in [7, 11) is -2.22. The number of hydrogen-bond acceptors (Lipinski definition) is 5. The second-order valence-electron chi connectivity index (χ2n) is 10.3. The van der Waals surface area contributed by atoms with Gasteiger partial charge in [0, 0.05) is 12.6 Å². The first-order valence-electron chi connectivity index (χ1n) is 13.3. The van der Waals surface area contributed by atoms with Crippen molar-refractivity contribution in [3.8, 4) is 5.75 Å². The number of para-hydroxylation sites is 1. The number of sulfonamides is 1. The molecule has 1 saturated carbocycles. The molecule has 0 saturated heterocycles. The van der Waals surface area contributed by atoms with Gasteiger partial charge in [-0.1, -0.05) is 63.9 Å². The largest absolute Gasteiger partial charge is 0.497 e. The molecule has 1 aliphatic carbocycles. The van der Waals surface area contributed by atoms with Crippen molar-refractivity contribution in [1.82, 2.24) is 10.2 Å². The summed E-state index contributed by atoms with van der Waals surface area (Å²) in [4.78, 5) is 28.9. The molecule has 1 fully saturated rings. The molecule has 2 aromatic carbocycles. The van der Waals surface area contributed by atoms with Gasteiger partial charge in [0.1, 0.15) is 18.3 Å². The number of methoxy groups -OCH3 is 1. The number of ether oxygens (including phenoxy) is 1. The highest BCUT2D eigenvalue weighted by molar-refractivity contribution is 7.92. The third kappa shape index (κ3) is 7.49. The van der Waals surface area contributed by atoms with Crippen molar-refractivity contribution in [3.05, 3.63) is 59.7 Å². The zero-order valence-electron chi connectivity index (χ0n) is 23.1. The number of carbonyl (C=O) groups is 2. The van der Waals surface area contributed by atoms with E-state index in [1.165, 1.54) is 4.90 Å². The van der Waals surface area contributed by atoms with Crippen molar-refractivity contribution in [2.75, 3.05) is 24.2 Å². The molecule has 0 aliphatic heterocycles. The van der Waals surface area contributed by atoms with E-state index >= 15 is 0 Å². The Balaban J connectivity index is 1.98. The van der Waals surface area contributed by atoms with Crippen LogP contribution in [0.4, 0.5) is 5.69 Å². The summed E-state index contributed by atoms with van der Waals surface area (Å²) < 4.78 is 32.4. The van der Waals surface area contributed by atoms with Gasteiger partial charge in [-0.25, -0.2) is 8.42 Å². The van der Waals surface area contributed by atoms with Crippen LogP contribution in [0.25, 0.3) is 0 Å². The number of benzene rings is 2. The Kier molecular flexibility index (Phi) is 10.2. The molecule has 3 rings (SSSR count). The highest BCUT2D eigenvalue weighted by Gasteiger charge is 2.33.